The van der Waals surface area contributed by atoms with E-state index in [9.17, 15) is 0 Å². The van der Waals surface area contributed by atoms with Crippen molar-refractivity contribution in [3.05, 3.63) is 18.7 Å². The zero-order chi connectivity index (χ0) is 4.24. The van der Waals surface area contributed by atoms with Crippen LogP contribution in [-0.4, -0.2) is 13.0 Å². The first-order valence-electron chi connectivity index (χ1n) is 1.91. The fourth-order valence-corrected chi connectivity index (χ4v) is 0.342. The maximum atomic E-state index is 2.89. The first-order chi connectivity index (χ1) is 3.00. The van der Waals surface area contributed by atoms with Crippen LogP contribution in [0.25, 0.3) is 0 Å². The van der Waals surface area contributed by atoms with Gasteiger partial charge in [0.15, 0.2) is 0 Å². The average Bonchev–Trinajstić information content (AvgIpc) is 1.72. The molecule has 0 amide bonds. The molecule has 1 nitrogen and oxygen atoms in total. The van der Waals surface area contributed by atoms with Crippen molar-refractivity contribution in [2.75, 3.05) is 0 Å². The van der Waals surface area contributed by atoms with Crippen LogP contribution < -0.4 is 5.23 Å². The second-order valence-electron chi connectivity index (χ2n) is 1.08. The Hall–Kier alpha value is -0.655. The predicted octanol–water partition coefficient (Wildman–Crippen LogP) is -0.271. The molecular weight excluding hydrogens is 72.9 g/mol. The van der Waals surface area contributed by atoms with Crippen molar-refractivity contribution in [2.24, 2.45) is 0 Å². The summed E-state index contributed by atoms with van der Waals surface area (Å²) in [6.07, 6.45) is 5.79. The van der Waals surface area contributed by atoms with E-state index in [1.54, 1.807) is 0 Å². The molecule has 0 unspecified atom stereocenters. The standard InChI is InChI=1S/C4H5BN/c1-2-4-6-5-3-1/h1-4,6H/q-1. The fraction of sp³-hybridized carbons (Fsp3) is 0. The second-order valence-corrected chi connectivity index (χ2v) is 1.08. The van der Waals surface area contributed by atoms with Crippen molar-refractivity contribution < 1.29 is 0 Å². The molecule has 0 spiro atoms. The van der Waals surface area contributed by atoms with E-state index in [1.807, 2.05) is 31.7 Å². The van der Waals surface area contributed by atoms with Crippen molar-refractivity contribution in [3.8, 4) is 0 Å². The first-order valence-corrected chi connectivity index (χ1v) is 1.91. The second kappa shape index (κ2) is 1.70. The molecule has 0 saturated carbocycles. The van der Waals surface area contributed by atoms with Crippen LogP contribution >= 0.6 is 0 Å². The molecule has 0 saturated heterocycles. The minimum atomic E-state index is 1.88. The molecule has 0 aliphatic carbocycles. The van der Waals surface area contributed by atoms with Gasteiger partial charge in [-0.05, 0) is 0 Å². The Bertz CT molecular complexity index is 65.5. The average molecular weight is 77.9 g/mol. The van der Waals surface area contributed by atoms with Crippen LogP contribution in [0.15, 0.2) is 12.3 Å². The van der Waals surface area contributed by atoms with Gasteiger partial charge in [0.2, 0.25) is 0 Å². The van der Waals surface area contributed by atoms with Crippen molar-refractivity contribution in [1.82, 2.24) is 5.23 Å². The predicted molar refractivity (Wildman–Crippen MR) is 28.4 cm³/mol. The summed E-state index contributed by atoms with van der Waals surface area (Å²) in [5.74, 6) is 1.94. The maximum absolute atomic E-state index is 2.89. The van der Waals surface area contributed by atoms with E-state index >= 15 is 0 Å². The summed E-state index contributed by atoms with van der Waals surface area (Å²) in [5.41, 5.74) is 0. The molecule has 0 fully saturated rings. The summed E-state index contributed by atoms with van der Waals surface area (Å²) in [4.78, 5) is 0. The Morgan fingerprint density at radius 3 is 2.83 bits per heavy atom. The van der Waals surface area contributed by atoms with Gasteiger partial charge in [-0.1, -0.05) is 0 Å². The van der Waals surface area contributed by atoms with Crippen molar-refractivity contribution in [3.63, 3.8) is 0 Å². The summed E-state index contributed by atoms with van der Waals surface area (Å²) in [5, 5.41) is 2.89. The van der Waals surface area contributed by atoms with Crippen LogP contribution in [0.2, 0.25) is 0 Å². The molecule has 30 valence electrons. The van der Waals surface area contributed by atoms with Gasteiger partial charge in [-0.25, -0.2) is 0 Å². The quantitative estimate of drug-likeness (QED) is 0.310. The summed E-state index contributed by atoms with van der Waals surface area (Å²) in [6.45, 7) is 0. The van der Waals surface area contributed by atoms with E-state index in [2.05, 4.69) is 5.23 Å². The van der Waals surface area contributed by atoms with Crippen LogP contribution in [0.1, 0.15) is 0 Å². The van der Waals surface area contributed by atoms with Gasteiger partial charge in [0.25, 0.3) is 0 Å². The molecular formula is C4H5BN-. The molecule has 0 aromatic rings. The third kappa shape index (κ3) is 0.644. The minimum absolute atomic E-state index is 1.88. The molecule has 0 aromatic carbocycles. The third-order valence-electron chi connectivity index (χ3n) is 0.607. The summed E-state index contributed by atoms with van der Waals surface area (Å²) in [7, 11) is 1.88. The Kier molecular flexibility index (Phi) is 1.00. The molecule has 2 heteroatoms. The SMILES string of the molecule is B1=C[CH-]C=CN1. The molecule has 1 N–H and O–H groups in total. The number of hydrogen-bond donors (Lipinski definition) is 1. The molecule has 1 aliphatic rings. The summed E-state index contributed by atoms with van der Waals surface area (Å²) < 4.78 is 0. The molecule has 0 aromatic heterocycles. The monoisotopic (exact) mass is 78.1 g/mol. The third-order valence-corrected chi connectivity index (χ3v) is 0.607. The number of nitrogens with one attached hydrogen (secondary N) is 1. The van der Waals surface area contributed by atoms with E-state index in [-0.39, 0.29) is 0 Å². The Morgan fingerprint density at radius 1 is 1.67 bits per heavy atom. The van der Waals surface area contributed by atoms with Crippen LogP contribution in [0, 0.1) is 6.42 Å². The zero-order valence-corrected chi connectivity index (χ0v) is 3.39. The number of rotatable bonds is 0. The van der Waals surface area contributed by atoms with Gasteiger partial charge < -0.3 is 0 Å². The molecule has 0 atom stereocenters. The van der Waals surface area contributed by atoms with Crippen LogP contribution in [0.3, 0.4) is 0 Å². The summed E-state index contributed by atoms with van der Waals surface area (Å²) in [6, 6.07) is 0. The number of allylic oxidation sites excluding steroid dienone is 1. The molecule has 0 bridgehead atoms. The Balaban J connectivity index is 2.40. The molecule has 1 rings (SSSR count). The van der Waals surface area contributed by atoms with Crippen LogP contribution in [0.4, 0.5) is 0 Å². The van der Waals surface area contributed by atoms with Gasteiger partial charge in [0.1, 0.15) is 0 Å². The Labute approximate surface area is 38.0 Å². The van der Waals surface area contributed by atoms with E-state index in [1.165, 1.54) is 0 Å². The van der Waals surface area contributed by atoms with Gasteiger partial charge in [0.05, 0.1) is 0 Å². The fourth-order valence-electron chi connectivity index (χ4n) is 0.342. The Morgan fingerprint density at radius 2 is 2.67 bits per heavy atom. The van der Waals surface area contributed by atoms with Gasteiger partial charge in [0, 0.05) is 0 Å². The van der Waals surface area contributed by atoms with Gasteiger partial charge in [-0.15, -0.1) is 0 Å². The molecule has 1 heterocycles. The van der Waals surface area contributed by atoms with Crippen LogP contribution in [-0.2, 0) is 0 Å². The molecule has 6 heavy (non-hydrogen) atoms. The van der Waals surface area contributed by atoms with E-state index in [0.29, 0.717) is 0 Å². The zero-order valence-electron chi connectivity index (χ0n) is 3.39. The van der Waals surface area contributed by atoms with E-state index < -0.39 is 0 Å². The number of hydrogen-bond acceptors (Lipinski definition) is 1. The van der Waals surface area contributed by atoms with Crippen molar-refractivity contribution >= 4 is 13.0 Å². The first kappa shape index (κ1) is 3.53. The van der Waals surface area contributed by atoms with Gasteiger partial charge in [-0.3, -0.25) is 0 Å². The molecule has 1 aliphatic heterocycles. The van der Waals surface area contributed by atoms with E-state index in [4.69, 9.17) is 0 Å². The summed E-state index contributed by atoms with van der Waals surface area (Å²) >= 11 is 0. The van der Waals surface area contributed by atoms with Gasteiger partial charge in [-0.2, -0.15) is 0 Å². The van der Waals surface area contributed by atoms with Crippen molar-refractivity contribution in [1.29, 1.82) is 0 Å². The van der Waals surface area contributed by atoms with E-state index in [0.717, 1.165) is 0 Å². The van der Waals surface area contributed by atoms with Crippen molar-refractivity contribution in [2.45, 2.75) is 0 Å². The van der Waals surface area contributed by atoms with Crippen LogP contribution in [0.5, 0.6) is 0 Å². The molecule has 0 radical (unpaired) electrons. The normalized spacial score (nSPS) is 14.7. The topological polar surface area (TPSA) is 12.0 Å². The van der Waals surface area contributed by atoms with Gasteiger partial charge >= 0.3 is 36.9 Å².